The average Bonchev–Trinajstić information content (AvgIpc) is 3.31. The molecule has 1 aliphatic heterocycles. The molecule has 1 fully saturated rings. The van der Waals surface area contributed by atoms with Crippen LogP contribution in [0.3, 0.4) is 0 Å². The molecule has 1 aliphatic rings. The second-order valence-corrected chi connectivity index (χ2v) is 7.81. The van der Waals surface area contributed by atoms with Crippen molar-refractivity contribution in [1.29, 1.82) is 0 Å². The van der Waals surface area contributed by atoms with Gasteiger partial charge < -0.3 is 24.5 Å². The number of furan rings is 1. The van der Waals surface area contributed by atoms with Crippen LogP contribution < -0.4 is 10.6 Å². The highest BCUT2D eigenvalue weighted by atomic mass is 127. The molecule has 2 aromatic rings. The molecule has 2 heterocycles. The molecule has 1 aromatic carbocycles. The quantitative estimate of drug-likeness (QED) is 0.260. The second kappa shape index (κ2) is 14.5. The third-order valence-corrected chi connectivity index (χ3v) is 5.34. The number of nitrogens with zero attached hydrogens (tertiary/aromatic N) is 1. The Morgan fingerprint density at radius 2 is 1.90 bits per heavy atom. The first-order valence-electron chi connectivity index (χ1n) is 11.1. The Labute approximate surface area is 203 Å². The predicted octanol–water partition coefficient (Wildman–Crippen LogP) is 4.67. The molecule has 0 bridgehead atoms. The van der Waals surface area contributed by atoms with Gasteiger partial charge in [-0.2, -0.15) is 0 Å². The van der Waals surface area contributed by atoms with E-state index in [1.54, 1.807) is 6.26 Å². The molecule has 6 nitrogen and oxygen atoms in total. The molecule has 1 aromatic heterocycles. The van der Waals surface area contributed by atoms with E-state index in [1.165, 1.54) is 11.1 Å². The molecule has 7 heteroatoms. The molecule has 0 saturated carbocycles. The van der Waals surface area contributed by atoms with Gasteiger partial charge in [0.1, 0.15) is 5.76 Å². The Hall–Kier alpha value is -1.58. The van der Waals surface area contributed by atoms with Gasteiger partial charge in [-0.1, -0.05) is 31.2 Å². The lowest BCUT2D eigenvalue weighted by atomic mass is 10.1. The zero-order chi connectivity index (χ0) is 21.0. The van der Waals surface area contributed by atoms with Gasteiger partial charge in [-0.25, -0.2) is 4.99 Å². The van der Waals surface area contributed by atoms with E-state index in [0.29, 0.717) is 25.3 Å². The van der Waals surface area contributed by atoms with Crippen LogP contribution in [0.2, 0.25) is 0 Å². The van der Waals surface area contributed by atoms with Gasteiger partial charge in [-0.3, -0.25) is 0 Å². The number of rotatable bonds is 10. The van der Waals surface area contributed by atoms with E-state index in [-0.39, 0.29) is 24.0 Å². The predicted molar refractivity (Wildman–Crippen MR) is 135 cm³/mol. The van der Waals surface area contributed by atoms with Crippen LogP contribution in [-0.4, -0.2) is 37.9 Å². The number of hydrogen-bond acceptors (Lipinski definition) is 4. The summed E-state index contributed by atoms with van der Waals surface area (Å²) in [4.78, 5) is 4.77. The summed E-state index contributed by atoms with van der Waals surface area (Å²) in [7, 11) is 0. The molecule has 31 heavy (non-hydrogen) atoms. The molecule has 0 radical (unpaired) electrons. The first-order valence-corrected chi connectivity index (χ1v) is 11.1. The van der Waals surface area contributed by atoms with Crippen LogP contribution in [0.25, 0.3) is 0 Å². The van der Waals surface area contributed by atoms with E-state index in [1.807, 2.05) is 12.1 Å². The van der Waals surface area contributed by atoms with E-state index in [2.05, 4.69) is 48.7 Å². The van der Waals surface area contributed by atoms with Gasteiger partial charge in [0.15, 0.2) is 5.96 Å². The SMILES string of the molecule is CCC(C)NC(=NCc1ccc(COC2CCOCC2)cc1)NCCc1ccco1.I. The Morgan fingerprint density at radius 3 is 2.58 bits per heavy atom. The van der Waals surface area contributed by atoms with Crippen molar-refractivity contribution < 1.29 is 13.9 Å². The summed E-state index contributed by atoms with van der Waals surface area (Å²) in [5, 5.41) is 6.87. The summed E-state index contributed by atoms with van der Waals surface area (Å²) in [5.41, 5.74) is 2.38. The average molecular weight is 541 g/mol. The van der Waals surface area contributed by atoms with Crippen molar-refractivity contribution >= 4 is 29.9 Å². The monoisotopic (exact) mass is 541 g/mol. The first kappa shape index (κ1) is 25.7. The van der Waals surface area contributed by atoms with Crippen molar-refractivity contribution in [3.8, 4) is 0 Å². The van der Waals surface area contributed by atoms with Crippen molar-refractivity contribution in [3.05, 3.63) is 59.5 Å². The second-order valence-electron chi connectivity index (χ2n) is 7.81. The standard InChI is InChI=1S/C24H35N3O3.HI/c1-3-19(2)27-24(25-13-10-22-5-4-14-29-22)26-17-20-6-8-21(9-7-20)18-30-23-11-15-28-16-12-23;/h4-9,14,19,23H,3,10-13,15-18H2,1-2H3,(H2,25,26,27);1H. The number of ether oxygens (including phenoxy) is 2. The van der Waals surface area contributed by atoms with Gasteiger partial charge >= 0.3 is 0 Å². The molecule has 0 spiro atoms. The summed E-state index contributed by atoms with van der Waals surface area (Å²) in [6, 6.07) is 12.8. The topological polar surface area (TPSA) is 68.0 Å². The van der Waals surface area contributed by atoms with E-state index in [9.17, 15) is 0 Å². The summed E-state index contributed by atoms with van der Waals surface area (Å²) in [5.74, 6) is 1.81. The van der Waals surface area contributed by atoms with Crippen LogP contribution in [0.1, 0.15) is 50.0 Å². The number of aliphatic imine (C=N–C) groups is 1. The fourth-order valence-electron chi connectivity index (χ4n) is 3.21. The van der Waals surface area contributed by atoms with Gasteiger partial charge in [-0.15, -0.1) is 24.0 Å². The molecular weight excluding hydrogens is 505 g/mol. The maximum atomic E-state index is 6.00. The van der Waals surface area contributed by atoms with Crippen LogP contribution in [0, 0.1) is 0 Å². The molecule has 1 unspecified atom stereocenters. The van der Waals surface area contributed by atoms with E-state index < -0.39 is 0 Å². The first-order chi connectivity index (χ1) is 14.7. The molecule has 1 saturated heterocycles. The highest BCUT2D eigenvalue weighted by Crippen LogP contribution is 2.14. The number of halogens is 1. The lowest BCUT2D eigenvalue weighted by molar-refractivity contribution is -0.0390. The summed E-state index contributed by atoms with van der Waals surface area (Å²) in [6.45, 7) is 8.01. The van der Waals surface area contributed by atoms with Gasteiger partial charge in [0.25, 0.3) is 0 Å². The molecule has 0 amide bonds. The van der Waals surface area contributed by atoms with E-state index >= 15 is 0 Å². The third-order valence-electron chi connectivity index (χ3n) is 5.34. The fraction of sp³-hybridized carbons (Fsp3) is 0.542. The third kappa shape index (κ3) is 9.62. The fourth-order valence-corrected chi connectivity index (χ4v) is 3.21. The van der Waals surface area contributed by atoms with E-state index in [0.717, 1.165) is 57.2 Å². The lowest BCUT2D eigenvalue weighted by Crippen LogP contribution is -2.42. The van der Waals surface area contributed by atoms with Gasteiger partial charge in [0.2, 0.25) is 0 Å². The molecular formula is C24H36IN3O3. The van der Waals surface area contributed by atoms with Crippen LogP contribution in [0.4, 0.5) is 0 Å². The Bertz CT molecular complexity index is 744. The molecule has 2 N–H and O–H groups in total. The summed E-state index contributed by atoms with van der Waals surface area (Å²) < 4.78 is 16.8. The Balaban J connectivity index is 0.00000341. The maximum Gasteiger partial charge on any atom is 0.191 e. The molecule has 0 aliphatic carbocycles. The van der Waals surface area contributed by atoms with Crippen molar-refractivity contribution in [3.63, 3.8) is 0 Å². The van der Waals surface area contributed by atoms with Crippen LogP contribution in [0.15, 0.2) is 52.1 Å². The molecule has 1 atom stereocenters. The minimum atomic E-state index is 0. The molecule has 172 valence electrons. The number of benzene rings is 1. The van der Waals surface area contributed by atoms with Crippen LogP contribution >= 0.6 is 24.0 Å². The van der Waals surface area contributed by atoms with Gasteiger partial charge in [0.05, 0.1) is 25.5 Å². The normalized spacial score (nSPS) is 15.9. The number of guanidine groups is 1. The summed E-state index contributed by atoms with van der Waals surface area (Å²) in [6.07, 6.45) is 5.89. The maximum absolute atomic E-state index is 6.00. The molecule has 3 rings (SSSR count). The highest BCUT2D eigenvalue weighted by molar-refractivity contribution is 14.0. The Kier molecular flexibility index (Phi) is 12.0. The van der Waals surface area contributed by atoms with Crippen molar-refractivity contribution in [1.82, 2.24) is 10.6 Å². The highest BCUT2D eigenvalue weighted by Gasteiger charge is 2.13. The largest absolute Gasteiger partial charge is 0.469 e. The zero-order valence-electron chi connectivity index (χ0n) is 18.6. The van der Waals surface area contributed by atoms with Crippen LogP contribution in [0.5, 0.6) is 0 Å². The van der Waals surface area contributed by atoms with Crippen molar-refractivity contribution in [2.24, 2.45) is 4.99 Å². The lowest BCUT2D eigenvalue weighted by Gasteiger charge is -2.22. The van der Waals surface area contributed by atoms with Gasteiger partial charge in [-0.05, 0) is 49.4 Å². The van der Waals surface area contributed by atoms with Crippen molar-refractivity contribution in [2.45, 2.75) is 64.8 Å². The number of nitrogens with one attached hydrogen (secondary N) is 2. The van der Waals surface area contributed by atoms with E-state index in [4.69, 9.17) is 18.9 Å². The van der Waals surface area contributed by atoms with Gasteiger partial charge in [0, 0.05) is 32.2 Å². The minimum Gasteiger partial charge on any atom is -0.469 e. The number of hydrogen-bond donors (Lipinski definition) is 2. The smallest absolute Gasteiger partial charge is 0.191 e. The van der Waals surface area contributed by atoms with Crippen LogP contribution in [-0.2, 0) is 29.0 Å². The van der Waals surface area contributed by atoms with Crippen molar-refractivity contribution in [2.75, 3.05) is 19.8 Å². The zero-order valence-corrected chi connectivity index (χ0v) is 21.0. The minimum absolute atomic E-state index is 0. The Morgan fingerprint density at radius 1 is 1.16 bits per heavy atom. The summed E-state index contributed by atoms with van der Waals surface area (Å²) >= 11 is 0.